The second kappa shape index (κ2) is 9.15. The third-order valence-corrected chi connectivity index (χ3v) is 5.69. The second-order valence-corrected chi connectivity index (χ2v) is 7.33. The van der Waals surface area contributed by atoms with Crippen LogP contribution in [-0.4, -0.2) is 44.4 Å². The Bertz CT molecular complexity index is 797. The molecule has 0 radical (unpaired) electrons. The van der Waals surface area contributed by atoms with E-state index < -0.39 is 0 Å². The Morgan fingerprint density at radius 3 is 2.78 bits per heavy atom. The molecule has 0 aromatic heterocycles. The molecule has 2 aromatic carbocycles. The number of thioether (sulfide) groups is 1. The van der Waals surface area contributed by atoms with E-state index in [0.717, 1.165) is 47.0 Å². The van der Waals surface area contributed by atoms with E-state index in [1.54, 1.807) is 26.0 Å². The van der Waals surface area contributed by atoms with E-state index in [1.807, 2.05) is 48.7 Å². The molecule has 1 N–H and O–H groups in total. The van der Waals surface area contributed by atoms with Crippen molar-refractivity contribution in [3.05, 3.63) is 48.0 Å². The van der Waals surface area contributed by atoms with E-state index in [-0.39, 0.29) is 11.9 Å². The van der Waals surface area contributed by atoms with Crippen LogP contribution in [0.4, 0.5) is 5.69 Å². The van der Waals surface area contributed by atoms with E-state index in [2.05, 4.69) is 10.2 Å². The van der Waals surface area contributed by atoms with Crippen molar-refractivity contribution in [3.8, 4) is 11.5 Å². The smallest absolute Gasteiger partial charge is 0.238 e. The fourth-order valence-electron chi connectivity index (χ4n) is 3.58. The number of benzene rings is 2. The first-order valence-corrected chi connectivity index (χ1v) is 10.3. The van der Waals surface area contributed by atoms with Crippen LogP contribution in [0.2, 0.25) is 0 Å². The highest BCUT2D eigenvalue weighted by Crippen LogP contribution is 2.38. The number of ether oxygens (including phenoxy) is 2. The molecule has 1 heterocycles. The van der Waals surface area contributed by atoms with E-state index in [1.165, 1.54) is 0 Å². The standard InChI is InChI=1S/C21H26N2O3S/c1-25-15-10-11-16(19(13-15)26-2)18-8-6-12-23(18)14-21(24)22-17-7-4-5-9-20(17)27-3/h4-5,7,9-11,13,18H,6,8,12,14H2,1-3H3,(H,22,24)/t18-/m0/s1. The zero-order chi connectivity index (χ0) is 19.2. The maximum absolute atomic E-state index is 12.7. The van der Waals surface area contributed by atoms with Gasteiger partial charge in [0.2, 0.25) is 5.91 Å². The van der Waals surface area contributed by atoms with Crippen LogP contribution < -0.4 is 14.8 Å². The van der Waals surface area contributed by atoms with Crippen LogP contribution in [0.3, 0.4) is 0 Å². The van der Waals surface area contributed by atoms with E-state index in [9.17, 15) is 4.79 Å². The monoisotopic (exact) mass is 386 g/mol. The van der Waals surface area contributed by atoms with E-state index >= 15 is 0 Å². The average molecular weight is 387 g/mol. The molecule has 1 aliphatic rings. The summed E-state index contributed by atoms with van der Waals surface area (Å²) in [5.41, 5.74) is 1.97. The Morgan fingerprint density at radius 1 is 1.22 bits per heavy atom. The molecule has 1 amide bonds. The van der Waals surface area contributed by atoms with Crippen molar-refractivity contribution in [2.24, 2.45) is 0 Å². The summed E-state index contributed by atoms with van der Waals surface area (Å²) in [4.78, 5) is 15.9. The molecular weight excluding hydrogens is 360 g/mol. The number of methoxy groups -OCH3 is 2. The molecule has 6 heteroatoms. The molecule has 0 saturated carbocycles. The Labute approximate surface area is 165 Å². The summed E-state index contributed by atoms with van der Waals surface area (Å²) in [6.07, 6.45) is 4.09. The lowest BCUT2D eigenvalue weighted by molar-refractivity contribution is -0.117. The SMILES string of the molecule is COc1ccc([C@@H]2CCCN2CC(=O)Nc2ccccc2SC)c(OC)c1. The number of nitrogens with one attached hydrogen (secondary N) is 1. The van der Waals surface area contributed by atoms with Gasteiger partial charge in [-0.2, -0.15) is 0 Å². The molecule has 0 bridgehead atoms. The van der Waals surface area contributed by atoms with Gasteiger partial charge in [-0.05, 0) is 43.8 Å². The Kier molecular flexibility index (Phi) is 6.63. The van der Waals surface area contributed by atoms with Crippen molar-refractivity contribution < 1.29 is 14.3 Å². The van der Waals surface area contributed by atoms with Gasteiger partial charge in [0.05, 0.1) is 26.5 Å². The maximum atomic E-state index is 12.7. The number of carbonyl (C=O) groups excluding carboxylic acids is 1. The molecule has 0 aliphatic carbocycles. The number of rotatable bonds is 7. The second-order valence-electron chi connectivity index (χ2n) is 6.48. The van der Waals surface area contributed by atoms with Crippen LogP contribution in [0, 0.1) is 0 Å². The van der Waals surface area contributed by atoms with Crippen LogP contribution in [0.5, 0.6) is 11.5 Å². The number of nitrogens with zero attached hydrogens (tertiary/aromatic N) is 1. The predicted molar refractivity (Wildman–Crippen MR) is 110 cm³/mol. The highest BCUT2D eigenvalue weighted by atomic mass is 32.2. The normalized spacial score (nSPS) is 16.9. The number of carbonyl (C=O) groups is 1. The third-order valence-electron chi connectivity index (χ3n) is 4.89. The predicted octanol–water partition coefficient (Wildman–Crippen LogP) is 4.20. The minimum atomic E-state index is 0.0101. The first-order valence-electron chi connectivity index (χ1n) is 9.05. The number of likely N-dealkylation sites (tertiary alicyclic amines) is 1. The van der Waals surface area contributed by atoms with Crippen molar-refractivity contribution >= 4 is 23.4 Å². The van der Waals surface area contributed by atoms with Crippen LogP contribution in [-0.2, 0) is 4.79 Å². The number of amides is 1. The summed E-state index contributed by atoms with van der Waals surface area (Å²) >= 11 is 1.63. The van der Waals surface area contributed by atoms with Gasteiger partial charge >= 0.3 is 0 Å². The van der Waals surface area contributed by atoms with Crippen molar-refractivity contribution in [3.63, 3.8) is 0 Å². The number of para-hydroxylation sites is 1. The molecule has 27 heavy (non-hydrogen) atoms. The van der Waals surface area contributed by atoms with Crippen molar-refractivity contribution in [1.29, 1.82) is 0 Å². The lowest BCUT2D eigenvalue weighted by Crippen LogP contribution is -2.33. The molecule has 3 rings (SSSR count). The molecule has 144 valence electrons. The van der Waals surface area contributed by atoms with Crippen LogP contribution in [0.1, 0.15) is 24.4 Å². The molecule has 1 atom stereocenters. The van der Waals surface area contributed by atoms with Gasteiger partial charge < -0.3 is 14.8 Å². The van der Waals surface area contributed by atoms with Crippen molar-refractivity contribution in [1.82, 2.24) is 4.90 Å². The zero-order valence-electron chi connectivity index (χ0n) is 16.0. The number of anilines is 1. The molecule has 5 nitrogen and oxygen atoms in total. The number of hydrogen-bond acceptors (Lipinski definition) is 5. The quantitative estimate of drug-likeness (QED) is 0.723. The largest absolute Gasteiger partial charge is 0.497 e. The summed E-state index contributed by atoms with van der Waals surface area (Å²) in [6, 6.07) is 13.9. The lowest BCUT2D eigenvalue weighted by Gasteiger charge is -2.26. The van der Waals surface area contributed by atoms with Gasteiger partial charge in [-0.25, -0.2) is 0 Å². The van der Waals surface area contributed by atoms with Gasteiger partial charge in [0.15, 0.2) is 0 Å². The summed E-state index contributed by atoms with van der Waals surface area (Å²) in [5.74, 6) is 1.59. The third kappa shape index (κ3) is 4.57. The molecule has 0 spiro atoms. The highest BCUT2D eigenvalue weighted by Gasteiger charge is 2.30. The van der Waals surface area contributed by atoms with Gasteiger partial charge in [0, 0.05) is 22.6 Å². The summed E-state index contributed by atoms with van der Waals surface area (Å²) in [5, 5.41) is 3.05. The van der Waals surface area contributed by atoms with Crippen LogP contribution >= 0.6 is 11.8 Å². The maximum Gasteiger partial charge on any atom is 0.238 e. The van der Waals surface area contributed by atoms with Gasteiger partial charge in [-0.1, -0.05) is 18.2 Å². The first kappa shape index (κ1) is 19.6. The van der Waals surface area contributed by atoms with Crippen LogP contribution in [0.25, 0.3) is 0 Å². The summed E-state index contributed by atoms with van der Waals surface area (Å²) in [7, 11) is 3.32. The van der Waals surface area contributed by atoms with Gasteiger partial charge in [-0.15, -0.1) is 11.8 Å². The molecule has 1 saturated heterocycles. The van der Waals surface area contributed by atoms with Crippen LogP contribution in [0.15, 0.2) is 47.4 Å². The Morgan fingerprint density at radius 2 is 2.04 bits per heavy atom. The Balaban J connectivity index is 1.72. The topological polar surface area (TPSA) is 50.8 Å². The first-order chi connectivity index (χ1) is 13.2. The minimum Gasteiger partial charge on any atom is -0.497 e. The molecule has 2 aromatic rings. The van der Waals surface area contributed by atoms with Crippen molar-refractivity contribution in [2.75, 3.05) is 38.9 Å². The average Bonchev–Trinajstić information content (AvgIpc) is 3.15. The van der Waals surface area contributed by atoms with Gasteiger partial charge in [0.25, 0.3) is 0 Å². The van der Waals surface area contributed by atoms with Gasteiger partial charge in [-0.3, -0.25) is 9.69 Å². The summed E-state index contributed by atoms with van der Waals surface area (Å²) < 4.78 is 10.9. The van der Waals surface area contributed by atoms with E-state index in [4.69, 9.17) is 9.47 Å². The summed E-state index contributed by atoms with van der Waals surface area (Å²) in [6.45, 7) is 1.26. The highest BCUT2D eigenvalue weighted by molar-refractivity contribution is 7.98. The fourth-order valence-corrected chi connectivity index (χ4v) is 4.14. The number of hydrogen-bond donors (Lipinski definition) is 1. The van der Waals surface area contributed by atoms with Gasteiger partial charge in [0.1, 0.15) is 11.5 Å². The Hall–Kier alpha value is -2.18. The lowest BCUT2D eigenvalue weighted by atomic mass is 10.0. The van der Waals surface area contributed by atoms with Crippen molar-refractivity contribution in [2.45, 2.75) is 23.8 Å². The fraction of sp³-hybridized carbons (Fsp3) is 0.381. The molecule has 1 aliphatic heterocycles. The van der Waals surface area contributed by atoms with E-state index in [0.29, 0.717) is 6.54 Å². The minimum absolute atomic E-state index is 0.0101. The molecular formula is C21H26N2O3S. The molecule has 0 unspecified atom stereocenters. The zero-order valence-corrected chi connectivity index (χ0v) is 16.8. The molecule has 1 fully saturated rings.